The van der Waals surface area contributed by atoms with Gasteiger partial charge >= 0.3 is 6.18 Å². The number of aromatic nitrogens is 5. The number of nitrogens with one attached hydrogen (secondary N) is 2. The van der Waals surface area contributed by atoms with E-state index < -0.39 is 30.2 Å². The fourth-order valence-corrected chi connectivity index (χ4v) is 3.88. The van der Waals surface area contributed by atoms with Crippen LogP contribution in [0.5, 0.6) is 5.75 Å². The van der Waals surface area contributed by atoms with E-state index in [2.05, 4.69) is 25.3 Å². The maximum atomic E-state index is 14.7. The van der Waals surface area contributed by atoms with Crippen molar-refractivity contribution in [1.29, 1.82) is 0 Å². The van der Waals surface area contributed by atoms with Crippen LogP contribution < -0.4 is 15.6 Å². The van der Waals surface area contributed by atoms with Gasteiger partial charge in [0.1, 0.15) is 40.6 Å². The van der Waals surface area contributed by atoms with E-state index in [9.17, 15) is 22.4 Å². The molecule has 1 atom stereocenters. The zero-order valence-corrected chi connectivity index (χ0v) is 18.7. The van der Waals surface area contributed by atoms with Gasteiger partial charge < -0.3 is 15.0 Å². The fourth-order valence-electron chi connectivity index (χ4n) is 3.88. The third-order valence-corrected chi connectivity index (χ3v) is 5.45. The van der Waals surface area contributed by atoms with E-state index in [1.807, 2.05) is 0 Å². The fraction of sp³-hybridized carbons (Fsp3) is 0.167. The third-order valence-electron chi connectivity index (χ3n) is 5.45. The van der Waals surface area contributed by atoms with Gasteiger partial charge in [-0.2, -0.15) is 13.2 Å². The van der Waals surface area contributed by atoms with Crippen LogP contribution in [0.1, 0.15) is 18.8 Å². The highest BCUT2D eigenvalue weighted by molar-refractivity contribution is 5.86. The van der Waals surface area contributed by atoms with Crippen molar-refractivity contribution >= 4 is 27.8 Å². The van der Waals surface area contributed by atoms with Crippen LogP contribution in [0.4, 0.5) is 23.4 Å². The van der Waals surface area contributed by atoms with Crippen molar-refractivity contribution in [3.05, 3.63) is 83.1 Å². The quantitative estimate of drug-likeness (QED) is 0.323. The van der Waals surface area contributed by atoms with Crippen LogP contribution in [0.15, 0.2) is 65.8 Å². The average Bonchev–Trinajstić information content (AvgIpc) is 3.32. The standard InChI is InChI=1S/C24H18F4N6O2/c1-13(32-21-16-8-9-29-20(16)30-12-31-21)22-33-18-7-3-6-17(25)19(18)23(35)34(22)14-4-2-5-15(10-14)36-11-24(26,27)28/h2-10,12-13H,11H2,1H3,(H2,29,30,31,32). The summed E-state index contributed by atoms with van der Waals surface area (Å²) in [5, 5.41) is 3.65. The normalized spacial score (nSPS) is 12.7. The van der Waals surface area contributed by atoms with E-state index in [-0.39, 0.29) is 28.2 Å². The summed E-state index contributed by atoms with van der Waals surface area (Å²) in [7, 11) is 0. The number of hydrogen-bond donors (Lipinski definition) is 2. The maximum absolute atomic E-state index is 14.7. The average molecular weight is 498 g/mol. The molecule has 2 N–H and O–H groups in total. The highest BCUT2D eigenvalue weighted by atomic mass is 19.4. The molecule has 0 amide bonds. The first-order chi connectivity index (χ1) is 17.2. The Balaban J connectivity index is 1.64. The van der Waals surface area contributed by atoms with Crippen LogP contribution in [0.3, 0.4) is 0 Å². The van der Waals surface area contributed by atoms with Gasteiger partial charge in [-0.1, -0.05) is 12.1 Å². The van der Waals surface area contributed by atoms with Crippen molar-refractivity contribution in [1.82, 2.24) is 24.5 Å². The smallest absolute Gasteiger partial charge is 0.422 e. The minimum Gasteiger partial charge on any atom is -0.484 e. The first kappa shape index (κ1) is 23.3. The molecule has 5 aromatic rings. The summed E-state index contributed by atoms with van der Waals surface area (Å²) < 4.78 is 58.6. The lowest BCUT2D eigenvalue weighted by Gasteiger charge is -2.21. The van der Waals surface area contributed by atoms with Gasteiger partial charge in [0.15, 0.2) is 6.61 Å². The molecule has 184 valence electrons. The summed E-state index contributed by atoms with van der Waals surface area (Å²) in [5.41, 5.74) is 0.179. The Morgan fingerprint density at radius 1 is 1.14 bits per heavy atom. The topological polar surface area (TPSA) is 97.7 Å². The van der Waals surface area contributed by atoms with Gasteiger partial charge in [0.05, 0.1) is 22.6 Å². The monoisotopic (exact) mass is 498 g/mol. The predicted molar refractivity (Wildman–Crippen MR) is 125 cm³/mol. The molecule has 0 fully saturated rings. The first-order valence-electron chi connectivity index (χ1n) is 10.8. The van der Waals surface area contributed by atoms with E-state index in [1.54, 1.807) is 19.2 Å². The molecular formula is C24H18F4N6O2. The number of fused-ring (bicyclic) bond motifs is 2. The molecule has 36 heavy (non-hydrogen) atoms. The largest absolute Gasteiger partial charge is 0.484 e. The zero-order valence-electron chi connectivity index (χ0n) is 18.7. The molecule has 0 spiro atoms. The number of H-pyrrole nitrogens is 1. The third kappa shape index (κ3) is 4.44. The summed E-state index contributed by atoms with van der Waals surface area (Å²) in [6, 6.07) is 10.8. The molecule has 3 heterocycles. The second kappa shape index (κ2) is 8.95. The highest BCUT2D eigenvalue weighted by Gasteiger charge is 2.28. The molecule has 0 aliphatic carbocycles. The second-order valence-corrected chi connectivity index (χ2v) is 7.97. The van der Waals surface area contributed by atoms with Crippen molar-refractivity contribution in [3.8, 4) is 11.4 Å². The van der Waals surface area contributed by atoms with E-state index in [1.165, 1.54) is 42.7 Å². The van der Waals surface area contributed by atoms with Crippen molar-refractivity contribution in [3.63, 3.8) is 0 Å². The Kier molecular flexibility index (Phi) is 5.78. The molecule has 0 saturated heterocycles. The van der Waals surface area contributed by atoms with E-state index in [4.69, 9.17) is 4.74 Å². The molecule has 0 saturated carbocycles. The van der Waals surface area contributed by atoms with Gasteiger partial charge in [0.2, 0.25) is 0 Å². The lowest BCUT2D eigenvalue weighted by atomic mass is 10.2. The van der Waals surface area contributed by atoms with Crippen LogP contribution in [0.25, 0.3) is 27.6 Å². The van der Waals surface area contributed by atoms with Gasteiger partial charge in [0.25, 0.3) is 5.56 Å². The number of nitrogens with zero attached hydrogens (tertiary/aromatic N) is 4. The van der Waals surface area contributed by atoms with Gasteiger partial charge in [-0.3, -0.25) is 9.36 Å². The first-order valence-corrected chi connectivity index (χ1v) is 10.8. The minimum atomic E-state index is -4.54. The number of rotatable bonds is 6. The van der Waals surface area contributed by atoms with Crippen LogP contribution in [0.2, 0.25) is 0 Å². The van der Waals surface area contributed by atoms with Gasteiger partial charge in [-0.05, 0) is 37.3 Å². The highest BCUT2D eigenvalue weighted by Crippen LogP contribution is 2.27. The number of anilines is 1. The molecule has 1 unspecified atom stereocenters. The van der Waals surface area contributed by atoms with Gasteiger partial charge in [-0.15, -0.1) is 0 Å². The number of aromatic amines is 1. The minimum absolute atomic E-state index is 0.109. The number of alkyl halides is 3. The molecule has 0 aliphatic rings. The van der Waals surface area contributed by atoms with Crippen LogP contribution in [-0.4, -0.2) is 37.3 Å². The SMILES string of the molecule is CC(Nc1ncnc2[nH]ccc12)c1nc2cccc(F)c2c(=O)n1-c1cccc(OCC(F)(F)F)c1. The van der Waals surface area contributed by atoms with Crippen LogP contribution in [0, 0.1) is 5.82 Å². The van der Waals surface area contributed by atoms with E-state index >= 15 is 0 Å². The zero-order chi connectivity index (χ0) is 25.4. The molecule has 5 rings (SSSR count). The Morgan fingerprint density at radius 2 is 1.94 bits per heavy atom. The van der Waals surface area contributed by atoms with Crippen molar-refractivity contribution < 1.29 is 22.3 Å². The summed E-state index contributed by atoms with van der Waals surface area (Å²) in [4.78, 5) is 29.5. The molecule has 12 heteroatoms. The lowest BCUT2D eigenvalue weighted by Crippen LogP contribution is -2.28. The lowest BCUT2D eigenvalue weighted by molar-refractivity contribution is -0.153. The Morgan fingerprint density at radius 3 is 2.75 bits per heavy atom. The van der Waals surface area contributed by atoms with Gasteiger partial charge in [0, 0.05) is 12.3 Å². The summed E-state index contributed by atoms with van der Waals surface area (Å²) in [6.45, 7) is 0.231. The molecule has 3 aromatic heterocycles. The Bertz CT molecular complexity index is 1630. The molecular weight excluding hydrogens is 480 g/mol. The maximum Gasteiger partial charge on any atom is 0.422 e. The molecule has 8 nitrogen and oxygen atoms in total. The summed E-state index contributed by atoms with van der Waals surface area (Å²) in [5.74, 6) is -0.216. The van der Waals surface area contributed by atoms with Crippen molar-refractivity contribution in [2.24, 2.45) is 0 Å². The number of halogens is 4. The summed E-state index contributed by atoms with van der Waals surface area (Å²) in [6.07, 6.45) is -1.47. The molecule has 2 aromatic carbocycles. The van der Waals surface area contributed by atoms with Crippen LogP contribution >= 0.6 is 0 Å². The number of benzene rings is 2. The Hall–Kier alpha value is -4.48. The second-order valence-electron chi connectivity index (χ2n) is 7.97. The molecule has 0 aliphatic heterocycles. The summed E-state index contributed by atoms with van der Waals surface area (Å²) >= 11 is 0. The Labute approximate surface area is 200 Å². The van der Waals surface area contributed by atoms with E-state index in [0.717, 1.165) is 10.6 Å². The number of ether oxygens (including phenoxy) is 1. The number of hydrogen-bond acceptors (Lipinski definition) is 6. The van der Waals surface area contributed by atoms with Gasteiger partial charge in [-0.25, -0.2) is 19.3 Å². The predicted octanol–water partition coefficient (Wildman–Crippen LogP) is 4.91. The van der Waals surface area contributed by atoms with E-state index in [0.29, 0.717) is 16.9 Å². The molecule has 0 radical (unpaired) electrons. The van der Waals surface area contributed by atoms with Crippen molar-refractivity contribution in [2.45, 2.75) is 19.1 Å². The van der Waals surface area contributed by atoms with Crippen LogP contribution in [-0.2, 0) is 0 Å². The molecule has 0 bridgehead atoms. The van der Waals surface area contributed by atoms with Crippen molar-refractivity contribution in [2.75, 3.05) is 11.9 Å².